The van der Waals surface area contributed by atoms with Crippen LogP contribution in [-0.4, -0.2) is 18.1 Å². The molecule has 0 aliphatic heterocycles. The van der Waals surface area contributed by atoms with Crippen LogP contribution in [0, 0.1) is 10.1 Å². The molecule has 0 heterocycles. The van der Waals surface area contributed by atoms with Crippen molar-refractivity contribution in [3.05, 3.63) is 46.0 Å². The fourth-order valence-electron chi connectivity index (χ4n) is 2.25. The number of nitrogens with zero attached hydrogens (tertiary/aromatic N) is 1. The van der Waals surface area contributed by atoms with E-state index in [2.05, 4.69) is 17.5 Å². The molecular formula is C14H18N2O3. The molecule has 1 N–H and O–H groups in total. The fourth-order valence-corrected chi connectivity index (χ4v) is 2.25. The molecule has 1 aromatic rings. The molecule has 0 saturated carbocycles. The van der Waals surface area contributed by atoms with Crippen molar-refractivity contribution in [2.75, 3.05) is 12.4 Å². The maximum Gasteiger partial charge on any atom is 0.269 e. The lowest BCUT2D eigenvalue weighted by molar-refractivity contribution is -0.384. The van der Waals surface area contributed by atoms with Crippen LogP contribution in [0.5, 0.6) is 0 Å². The molecule has 19 heavy (non-hydrogen) atoms. The number of allylic oxidation sites excluding steroid dienone is 1. The minimum atomic E-state index is -0.383. The van der Waals surface area contributed by atoms with E-state index in [1.807, 2.05) is 0 Å². The molecule has 0 spiro atoms. The smallest absolute Gasteiger partial charge is 0.269 e. The summed E-state index contributed by atoms with van der Waals surface area (Å²) >= 11 is 0. The predicted molar refractivity (Wildman–Crippen MR) is 74.2 cm³/mol. The van der Waals surface area contributed by atoms with E-state index >= 15 is 0 Å². The van der Waals surface area contributed by atoms with Crippen molar-refractivity contribution in [3.63, 3.8) is 0 Å². The first-order chi connectivity index (χ1) is 9.20. The molecule has 1 atom stereocenters. The Bertz CT molecular complexity index is 486. The zero-order valence-electron chi connectivity index (χ0n) is 11.0. The first kappa shape index (κ1) is 13.5. The van der Waals surface area contributed by atoms with Gasteiger partial charge in [-0.3, -0.25) is 10.1 Å². The zero-order chi connectivity index (χ0) is 13.7. The van der Waals surface area contributed by atoms with Crippen LogP contribution in [-0.2, 0) is 11.3 Å². The molecule has 1 aliphatic rings. The molecule has 1 aliphatic carbocycles. The summed E-state index contributed by atoms with van der Waals surface area (Å²) in [6, 6.07) is 5.26. The van der Waals surface area contributed by atoms with E-state index in [0.717, 1.165) is 30.5 Å². The zero-order valence-corrected chi connectivity index (χ0v) is 11.0. The van der Waals surface area contributed by atoms with Gasteiger partial charge in [-0.05, 0) is 25.3 Å². The summed E-state index contributed by atoms with van der Waals surface area (Å²) in [5.74, 6) is 0. The van der Waals surface area contributed by atoms with Crippen molar-refractivity contribution >= 4 is 11.4 Å². The van der Waals surface area contributed by atoms with E-state index in [1.54, 1.807) is 19.2 Å². The number of nitro benzene ring substituents is 1. The highest BCUT2D eigenvalue weighted by atomic mass is 16.6. The van der Waals surface area contributed by atoms with Crippen LogP contribution in [0.2, 0.25) is 0 Å². The minimum Gasteiger partial charge on any atom is -0.382 e. The normalized spacial score (nSPS) is 18.3. The average Bonchev–Trinajstić information content (AvgIpc) is 2.42. The summed E-state index contributed by atoms with van der Waals surface area (Å²) in [6.07, 6.45) is 7.50. The average molecular weight is 262 g/mol. The van der Waals surface area contributed by atoms with Crippen molar-refractivity contribution in [3.8, 4) is 0 Å². The molecule has 5 heteroatoms. The van der Waals surface area contributed by atoms with Crippen molar-refractivity contribution < 1.29 is 9.66 Å². The maximum atomic E-state index is 10.8. The quantitative estimate of drug-likeness (QED) is 0.502. The third-order valence-electron chi connectivity index (χ3n) is 3.23. The van der Waals surface area contributed by atoms with Gasteiger partial charge in [0.1, 0.15) is 0 Å². The van der Waals surface area contributed by atoms with Gasteiger partial charge in [-0.1, -0.05) is 12.2 Å². The van der Waals surface area contributed by atoms with Crippen LogP contribution >= 0.6 is 0 Å². The Morgan fingerprint density at radius 3 is 2.95 bits per heavy atom. The van der Waals surface area contributed by atoms with Crippen LogP contribution in [0.3, 0.4) is 0 Å². The summed E-state index contributed by atoms with van der Waals surface area (Å²) in [6.45, 7) is 0.368. The molecule has 1 unspecified atom stereocenters. The largest absolute Gasteiger partial charge is 0.382 e. The Hall–Kier alpha value is -1.88. The van der Waals surface area contributed by atoms with E-state index in [9.17, 15) is 10.1 Å². The molecule has 1 aromatic carbocycles. The lowest BCUT2D eigenvalue weighted by Gasteiger charge is -2.22. The van der Waals surface area contributed by atoms with Crippen LogP contribution < -0.4 is 5.32 Å². The first-order valence-corrected chi connectivity index (χ1v) is 6.38. The summed E-state index contributed by atoms with van der Waals surface area (Å²) < 4.78 is 5.12. The summed E-state index contributed by atoms with van der Waals surface area (Å²) in [7, 11) is 1.59. The number of nitro groups is 1. The van der Waals surface area contributed by atoms with Gasteiger partial charge in [0.05, 0.1) is 11.5 Å². The topological polar surface area (TPSA) is 64.4 Å². The molecule has 0 fully saturated rings. The molecule has 5 nitrogen and oxygen atoms in total. The Kier molecular flexibility index (Phi) is 4.52. The second kappa shape index (κ2) is 6.33. The second-order valence-electron chi connectivity index (χ2n) is 4.66. The summed E-state index contributed by atoms with van der Waals surface area (Å²) in [5, 5.41) is 14.2. The van der Waals surface area contributed by atoms with E-state index < -0.39 is 0 Å². The molecule has 0 saturated heterocycles. The van der Waals surface area contributed by atoms with Gasteiger partial charge in [-0.15, -0.1) is 0 Å². The molecular weight excluding hydrogens is 244 g/mol. The second-order valence-corrected chi connectivity index (χ2v) is 4.66. The number of benzene rings is 1. The van der Waals surface area contributed by atoms with Crippen LogP contribution in [0.15, 0.2) is 30.4 Å². The van der Waals surface area contributed by atoms with Gasteiger partial charge in [-0.25, -0.2) is 0 Å². The van der Waals surface area contributed by atoms with E-state index in [1.165, 1.54) is 6.07 Å². The van der Waals surface area contributed by atoms with Gasteiger partial charge in [0, 0.05) is 36.5 Å². The van der Waals surface area contributed by atoms with E-state index in [0.29, 0.717) is 12.6 Å². The SMILES string of the molecule is COCc1cc([N+](=O)[O-])ccc1NC1CC=CCC1. The fraction of sp³-hybridized carbons (Fsp3) is 0.429. The highest BCUT2D eigenvalue weighted by Crippen LogP contribution is 2.25. The lowest BCUT2D eigenvalue weighted by Crippen LogP contribution is -2.21. The van der Waals surface area contributed by atoms with Gasteiger partial charge in [0.2, 0.25) is 0 Å². The van der Waals surface area contributed by atoms with Crippen LogP contribution in [0.1, 0.15) is 24.8 Å². The highest BCUT2D eigenvalue weighted by molar-refractivity contribution is 5.56. The number of anilines is 1. The maximum absolute atomic E-state index is 10.8. The molecule has 0 radical (unpaired) electrons. The van der Waals surface area contributed by atoms with Gasteiger partial charge < -0.3 is 10.1 Å². The van der Waals surface area contributed by atoms with Gasteiger partial charge in [0.15, 0.2) is 0 Å². The minimum absolute atomic E-state index is 0.0983. The van der Waals surface area contributed by atoms with Crippen molar-refractivity contribution in [2.24, 2.45) is 0 Å². The highest BCUT2D eigenvalue weighted by Gasteiger charge is 2.14. The number of methoxy groups -OCH3 is 1. The Labute approximate surface area is 112 Å². The number of nitrogens with one attached hydrogen (secondary N) is 1. The molecule has 102 valence electrons. The standard InChI is InChI=1S/C14H18N2O3/c1-19-10-11-9-13(16(17)18)7-8-14(11)15-12-5-3-2-4-6-12/h2-3,7-9,12,15H,4-6,10H2,1H3. The third kappa shape index (κ3) is 3.54. The molecule has 0 bridgehead atoms. The van der Waals surface area contributed by atoms with Gasteiger partial charge in [-0.2, -0.15) is 0 Å². The lowest BCUT2D eigenvalue weighted by atomic mass is 10.0. The number of hydrogen-bond donors (Lipinski definition) is 1. The third-order valence-corrected chi connectivity index (χ3v) is 3.23. The Morgan fingerprint density at radius 1 is 1.47 bits per heavy atom. The number of rotatable bonds is 5. The van der Waals surface area contributed by atoms with Crippen molar-refractivity contribution in [1.29, 1.82) is 0 Å². The van der Waals surface area contributed by atoms with Crippen molar-refractivity contribution in [1.82, 2.24) is 0 Å². The monoisotopic (exact) mass is 262 g/mol. The first-order valence-electron chi connectivity index (χ1n) is 6.38. The summed E-state index contributed by atoms with van der Waals surface area (Å²) in [5.41, 5.74) is 1.85. The van der Waals surface area contributed by atoms with Crippen LogP contribution in [0.4, 0.5) is 11.4 Å². The predicted octanol–water partition coefficient (Wildman–Crippen LogP) is 3.26. The number of non-ortho nitro benzene ring substituents is 1. The molecule has 0 amide bonds. The number of hydrogen-bond acceptors (Lipinski definition) is 4. The molecule has 2 rings (SSSR count). The van der Waals surface area contributed by atoms with Crippen LogP contribution in [0.25, 0.3) is 0 Å². The van der Waals surface area contributed by atoms with E-state index in [-0.39, 0.29) is 10.6 Å². The summed E-state index contributed by atoms with van der Waals surface area (Å²) in [4.78, 5) is 10.4. The Balaban J connectivity index is 2.18. The number of ether oxygens (including phenoxy) is 1. The van der Waals surface area contributed by atoms with Gasteiger partial charge >= 0.3 is 0 Å². The van der Waals surface area contributed by atoms with Gasteiger partial charge in [0.25, 0.3) is 5.69 Å². The van der Waals surface area contributed by atoms with E-state index in [4.69, 9.17) is 4.74 Å². The Morgan fingerprint density at radius 2 is 2.32 bits per heavy atom. The van der Waals surface area contributed by atoms with Crippen molar-refractivity contribution in [2.45, 2.75) is 31.9 Å². The molecule has 0 aromatic heterocycles.